The van der Waals surface area contributed by atoms with Crippen LogP contribution in [-0.2, 0) is 30.8 Å². The molecule has 1 fully saturated rings. The zero-order valence-corrected chi connectivity index (χ0v) is 22.7. The number of nitrogens with zero attached hydrogens (tertiary/aromatic N) is 2. The Hall–Kier alpha value is -2.89. The number of hydrogen-bond donors (Lipinski definition) is 2. The minimum absolute atomic E-state index is 0.0713. The number of aryl methyl sites for hydroxylation is 1. The predicted molar refractivity (Wildman–Crippen MR) is 145 cm³/mol. The van der Waals surface area contributed by atoms with Crippen LogP contribution in [0.25, 0.3) is 0 Å². The first-order valence-corrected chi connectivity index (χ1v) is 14.3. The maximum atomic E-state index is 13.2. The van der Waals surface area contributed by atoms with E-state index in [0.29, 0.717) is 24.1 Å². The molecule has 0 unspecified atom stereocenters. The van der Waals surface area contributed by atoms with Crippen LogP contribution in [0.15, 0.2) is 54.6 Å². The number of benzene rings is 2. The Balaban J connectivity index is 1.56. The molecule has 1 saturated heterocycles. The number of esters is 1. The summed E-state index contributed by atoms with van der Waals surface area (Å²) < 4.78 is 32.4. The summed E-state index contributed by atoms with van der Waals surface area (Å²) in [7, 11) is -2.21. The maximum Gasteiger partial charge on any atom is 0.338 e. The summed E-state index contributed by atoms with van der Waals surface area (Å²) in [5.74, 6) is -1.42. The van der Waals surface area contributed by atoms with Crippen LogP contribution in [0.2, 0.25) is 0 Å². The number of nitrogens with one attached hydrogen (secondary N) is 1. The molecule has 0 aromatic heterocycles. The van der Waals surface area contributed by atoms with E-state index in [0.717, 1.165) is 5.56 Å². The first-order valence-electron chi connectivity index (χ1n) is 12.1. The van der Waals surface area contributed by atoms with E-state index in [9.17, 15) is 22.8 Å². The van der Waals surface area contributed by atoms with Crippen molar-refractivity contribution in [3.63, 3.8) is 0 Å². The SMILES string of the molecule is CCOC(=O)c1ccc(NC(=O)CN(C)C(=O)[C@@H]2C[C@@H](S)CN2S(=O)(=O)CCCc2ccccc2)cc1. The number of rotatable bonds is 11. The van der Waals surface area contributed by atoms with Gasteiger partial charge >= 0.3 is 5.97 Å². The summed E-state index contributed by atoms with van der Waals surface area (Å²) in [5, 5.41) is 2.41. The van der Waals surface area contributed by atoms with E-state index in [-0.39, 0.29) is 37.1 Å². The molecule has 1 aliphatic rings. The van der Waals surface area contributed by atoms with Gasteiger partial charge in [-0.3, -0.25) is 9.59 Å². The third-order valence-corrected chi connectivity index (χ3v) is 8.32. The highest BCUT2D eigenvalue weighted by molar-refractivity contribution is 7.89. The van der Waals surface area contributed by atoms with Crippen molar-refractivity contribution < 1.29 is 27.5 Å². The molecule has 1 N–H and O–H groups in total. The number of amides is 2. The normalized spacial score (nSPS) is 17.8. The Morgan fingerprint density at radius 3 is 2.43 bits per heavy atom. The molecule has 0 aliphatic carbocycles. The Kier molecular flexibility index (Phi) is 10.1. The summed E-state index contributed by atoms with van der Waals surface area (Å²) in [6, 6.07) is 14.9. The number of hydrogen-bond acceptors (Lipinski definition) is 7. The fraction of sp³-hybridized carbons (Fsp3) is 0.423. The number of likely N-dealkylation sites (N-methyl/N-ethyl adjacent to an activating group) is 1. The highest BCUT2D eigenvalue weighted by atomic mass is 32.2. The Morgan fingerprint density at radius 1 is 1.11 bits per heavy atom. The largest absolute Gasteiger partial charge is 0.462 e. The summed E-state index contributed by atoms with van der Waals surface area (Å²) in [5.41, 5.74) is 1.87. The van der Waals surface area contributed by atoms with Crippen molar-refractivity contribution in [3.05, 3.63) is 65.7 Å². The zero-order valence-electron chi connectivity index (χ0n) is 21.0. The lowest BCUT2D eigenvalue weighted by atomic mass is 10.1. The number of carbonyl (C=O) groups is 3. The summed E-state index contributed by atoms with van der Waals surface area (Å²) in [6.07, 6.45) is 1.34. The third kappa shape index (κ3) is 8.05. The van der Waals surface area contributed by atoms with Gasteiger partial charge < -0.3 is 15.0 Å². The highest BCUT2D eigenvalue weighted by Gasteiger charge is 2.43. The summed E-state index contributed by atoms with van der Waals surface area (Å²) in [6.45, 7) is 1.88. The number of anilines is 1. The maximum absolute atomic E-state index is 13.2. The van der Waals surface area contributed by atoms with Gasteiger partial charge in [0.1, 0.15) is 6.04 Å². The molecule has 200 valence electrons. The molecule has 9 nitrogen and oxygen atoms in total. The highest BCUT2D eigenvalue weighted by Crippen LogP contribution is 2.27. The van der Waals surface area contributed by atoms with Crippen molar-refractivity contribution in [2.24, 2.45) is 0 Å². The average molecular weight is 548 g/mol. The van der Waals surface area contributed by atoms with E-state index in [1.165, 1.54) is 28.4 Å². The van der Waals surface area contributed by atoms with Crippen LogP contribution < -0.4 is 5.32 Å². The van der Waals surface area contributed by atoms with E-state index in [4.69, 9.17) is 4.74 Å². The molecular formula is C26H33N3O6S2. The lowest BCUT2D eigenvalue weighted by Crippen LogP contribution is -2.48. The van der Waals surface area contributed by atoms with Crippen LogP contribution in [0.1, 0.15) is 35.7 Å². The quantitative estimate of drug-likeness (QED) is 0.330. The van der Waals surface area contributed by atoms with Gasteiger partial charge in [-0.15, -0.1) is 0 Å². The molecule has 2 aromatic carbocycles. The van der Waals surface area contributed by atoms with Crippen LogP contribution in [0.5, 0.6) is 0 Å². The van der Waals surface area contributed by atoms with Crippen molar-refractivity contribution in [1.29, 1.82) is 0 Å². The molecule has 1 aliphatic heterocycles. The lowest BCUT2D eigenvalue weighted by molar-refractivity contribution is -0.136. The van der Waals surface area contributed by atoms with Gasteiger partial charge in [-0.25, -0.2) is 13.2 Å². The van der Waals surface area contributed by atoms with Crippen molar-refractivity contribution in [2.45, 2.75) is 37.5 Å². The Morgan fingerprint density at radius 2 is 1.78 bits per heavy atom. The number of carbonyl (C=O) groups excluding carboxylic acids is 3. The standard InChI is InChI=1S/C26H33N3O6S2/c1-3-35-26(32)20-11-13-21(14-12-20)27-24(30)18-28(2)25(31)23-16-22(36)17-29(23)37(33,34)15-7-10-19-8-5-4-6-9-19/h4-6,8-9,11-14,22-23,36H,3,7,10,15-18H2,1-2H3,(H,27,30)/t22-,23+/m1/s1. The predicted octanol–water partition coefficient (Wildman–Crippen LogP) is 2.60. The summed E-state index contributed by atoms with van der Waals surface area (Å²) in [4.78, 5) is 38.7. The number of ether oxygens (including phenoxy) is 1. The Labute approximate surface area is 223 Å². The van der Waals surface area contributed by atoms with Crippen LogP contribution in [-0.4, -0.2) is 79.2 Å². The van der Waals surface area contributed by atoms with Crippen LogP contribution in [0, 0.1) is 0 Å². The average Bonchev–Trinajstić information content (AvgIpc) is 3.27. The van der Waals surface area contributed by atoms with Gasteiger partial charge in [0.25, 0.3) is 0 Å². The topological polar surface area (TPSA) is 113 Å². The van der Waals surface area contributed by atoms with Gasteiger partial charge in [0.2, 0.25) is 21.8 Å². The van der Waals surface area contributed by atoms with Gasteiger partial charge in [-0.2, -0.15) is 16.9 Å². The van der Waals surface area contributed by atoms with Crippen molar-refractivity contribution in [3.8, 4) is 0 Å². The Bertz CT molecular complexity index is 1190. The fourth-order valence-electron chi connectivity index (χ4n) is 4.19. The van der Waals surface area contributed by atoms with E-state index in [2.05, 4.69) is 17.9 Å². The van der Waals surface area contributed by atoms with E-state index < -0.39 is 33.8 Å². The molecule has 2 aromatic rings. The monoisotopic (exact) mass is 547 g/mol. The van der Waals surface area contributed by atoms with Crippen molar-refractivity contribution >= 4 is 46.1 Å². The third-order valence-electron chi connectivity index (χ3n) is 6.02. The van der Waals surface area contributed by atoms with Gasteiger partial charge in [-0.1, -0.05) is 30.3 Å². The van der Waals surface area contributed by atoms with E-state index in [1.807, 2.05) is 30.3 Å². The van der Waals surface area contributed by atoms with Gasteiger partial charge in [0, 0.05) is 24.5 Å². The molecule has 2 atom stereocenters. The van der Waals surface area contributed by atoms with E-state index >= 15 is 0 Å². The first-order chi connectivity index (χ1) is 17.6. The van der Waals surface area contributed by atoms with Crippen LogP contribution >= 0.6 is 12.6 Å². The molecule has 0 bridgehead atoms. The summed E-state index contributed by atoms with van der Waals surface area (Å²) >= 11 is 4.44. The molecule has 2 amide bonds. The molecule has 0 saturated carbocycles. The van der Waals surface area contributed by atoms with Crippen molar-refractivity contribution in [2.75, 3.05) is 37.8 Å². The molecule has 0 spiro atoms. The fourth-order valence-corrected chi connectivity index (χ4v) is 6.39. The van der Waals surface area contributed by atoms with E-state index in [1.54, 1.807) is 19.1 Å². The molecule has 1 heterocycles. The minimum atomic E-state index is -3.68. The van der Waals surface area contributed by atoms with Gasteiger partial charge in [0.15, 0.2) is 0 Å². The number of thiol groups is 1. The second-order valence-corrected chi connectivity index (χ2v) is 11.7. The second kappa shape index (κ2) is 13.1. The van der Waals surface area contributed by atoms with Crippen LogP contribution in [0.3, 0.4) is 0 Å². The smallest absolute Gasteiger partial charge is 0.338 e. The van der Waals surface area contributed by atoms with Crippen molar-refractivity contribution in [1.82, 2.24) is 9.21 Å². The first kappa shape index (κ1) is 28.7. The zero-order chi connectivity index (χ0) is 27.0. The molecule has 0 radical (unpaired) electrons. The number of sulfonamides is 1. The van der Waals surface area contributed by atoms with Crippen LogP contribution in [0.4, 0.5) is 5.69 Å². The molecule has 37 heavy (non-hydrogen) atoms. The molecular weight excluding hydrogens is 514 g/mol. The minimum Gasteiger partial charge on any atom is -0.462 e. The lowest BCUT2D eigenvalue weighted by Gasteiger charge is -2.27. The van der Waals surface area contributed by atoms with Gasteiger partial charge in [0.05, 0.1) is 24.5 Å². The second-order valence-electron chi connectivity index (χ2n) is 8.92. The van der Waals surface area contributed by atoms with Gasteiger partial charge in [-0.05, 0) is 56.0 Å². The molecule has 3 rings (SSSR count). The molecule has 11 heteroatoms.